The summed E-state index contributed by atoms with van der Waals surface area (Å²) in [5.74, 6) is 0.487. The highest BCUT2D eigenvalue weighted by Crippen LogP contribution is 2.27. The molecule has 33 heavy (non-hydrogen) atoms. The zero-order valence-corrected chi connectivity index (χ0v) is 19.2. The summed E-state index contributed by atoms with van der Waals surface area (Å²) in [6.45, 7) is 5.33. The average molecular weight is 448 g/mol. The van der Waals surface area contributed by atoms with Crippen molar-refractivity contribution >= 4 is 28.8 Å². The van der Waals surface area contributed by atoms with Gasteiger partial charge in [0.1, 0.15) is 0 Å². The normalized spacial score (nSPS) is 17.6. The Morgan fingerprint density at radius 2 is 1.85 bits per heavy atom. The molecule has 2 fully saturated rings. The van der Waals surface area contributed by atoms with Crippen LogP contribution in [0.1, 0.15) is 37.7 Å². The molecule has 2 aromatic rings. The molecular weight excluding hydrogens is 414 g/mol. The predicted molar refractivity (Wildman–Crippen MR) is 129 cm³/mol. The second-order valence-corrected chi connectivity index (χ2v) is 8.98. The molecule has 1 aliphatic heterocycles. The van der Waals surface area contributed by atoms with Crippen LogP contribution in [0.4, 0.5) is 0 Å². The van der Waals surface area contributed by atoms with E-state index in [-0.39, 0.29) is 11.8 Å². The maximum Gasteiger partial charge on any atom is 0.244 e. The molecule has 1 aliphatic carbocycles. The summed E-state index contributed by atoms with van der Waals surface area (Å²) >= 11 is 0. The molecule has 7 heteroatoms. The van der Waals surface area contributed by atoms with Gasteiger partial charge in [-0.25, -0.2) is 0 Å². The molecular formula is C26H33N5O2. The topological polar surface area (TPSA) is 81.4 Å². The summed E-state index contributed by atoms with van der Waals surface area (Å²) in [5.41, 5.74) is 2.04. The third kappa shape index (κ3) is 5.82. The van der Waals surface area contributed by atoms with Crippen molar-refractivity contribution in [2.24, 2.45) is 5.92 Å². The van der Waals surface area contributed by atoms with Gasteiger partial charge >= 0.3 is 0 Å². The Balaban J connectivity index is 1.22. The number of carbonyl (C=O) groups excluding carboxylic acids is 2. The van der Waals surface area contributed by atoms with Gasteiger partial charge in [-0.05, 0) is 25.0 Å². The Labute approximate surface area is 195 Å². The van der Waals surface area contributed by atoms with Crippen LogP contribution in [0.15, 0.2) is 36.5 Å². The minimum atomic E-state index is -0.112. The van der Waals surface area contributed by atoms with Crippen LogP contribution in [-0.2, 0) is 16.1 Å². The zero-order chi connectivity index (χ0) is 23.0. The maximum absolute atomic E-state index is 12.6. The smallest absolute Gasteiger partial charge is 0.244 e. The Bertz CT molecular complexity index is 1040. The first-order chi connectivity index (χ1) is 16.2. The predicted octanol–water partition coefficient (Wildman–Crippen LogP) is 3.02. The standard InChI is InChI=1S/C26H33N5O2/c27-12-5-14-31-20-22(23-8-3-4-9-24(23)31)10-11-25(32)28-13-15-29-16-18-30(19-17-29)26(33)21-6-1-2-7-21/h3-4,8-11,20-21H,1-2,5-7,13-19H2,(H,28,32)/b11-10+. The van der Waals surface area contributed by atoms with Gasteiger partial charge in [-0.3, -0.25) is 14.5 Å². The fourth-order valence-corrected chi connectivity index (χ4v) is 4.95. The lowest BCUT2D eigenvalue weighted by molar-refractivity contribution is -0.137. The van der Waals surface area contributed by atoms with E-state index < -0.39 is 0 Å². The Kier molecular flexibility index (Phi) is 7.79. The zero-order valence-electron chi connectivity index (χ0n) is 19.2. The number of rotatable bonds is 8. The first-order valence-electron chi connectivity index (χ1n) is 12.1. The van der Waals surface area contributed by atoms with Crippen molar-refractivity contribution in [1.82, 2.24) is 19.7 Å². The fraction of sp³-hybridized carbons (Fsp3) is 0.500. The van der Waals surface area contributed by atoms with Crippen LogP contribution in [0.25, 0.3) is 17.0 Å². The summed E-state index contributed by atoms with van der Waals surface area (Å²) in [6, 6.07) is 10.2. The molecule has 1 saturated carbocycles. The highest BCUT2D eigenvalue weighted by Gasteiger charge is 2.29. The number of para-hydroxylation sites is 1. The van der Waals surface area contributed by atoms with Gasteiger partial charge in [0.25, 0.3) is 0 Å². The number of nitrogens with one attached hydrogen (secondary N) is 1. The van der Waals surface area contributed by atoms with Crippen molar-refractivity contribution in [2.45, 2.75) is 38.6 Å². The number of nitriles is 1. The number of hydrogen-bond donors (Lipinski definition) is 1. The van der Waals surface area contributed by atoms with Gasteiger partial charge in [0.2, 0.25) is 11.8 Å². The maximum atomic E-state index is 12.6. The van der Waals surface area contributed by atoms with Crippen LogP contribution in [0.3, 0.4) is 0 Å². The molecule has 174 valence electrons. The van der Waals surface area contributed by atoms with E-state index in [0.717, 1.165) is 62.0 Å². The van der Waals surface area contributed by atoms with Crippen LogP contribution in [0.2, 0.25) is 0 Å². The summed E-state index contributed by atoms with van der Waals surface area (Å²) in [7, 11) is 0. The quantitative estimate of drug-likeness (QED) is 0.631. The van der Waals surface area contributed by atoms with Gasteiger partial charge in [-0.1, -0.05) is 31.0 Å². The second-order valence-electron chi connectivity index (χ2n) is 8.98. The molecule has 2 amide bonds. The van der Waals surface area contributed by atoms with Crippen LogP contribution < -0.4 is 5.32 Å². The molecule has 0 radical (unpaired) electrons. The number of nitrogens with zero attached hydrogens (tertiary/aromatic N) is 4. The van der Waals surface area contributed by atoms with Crippen molar-refractivity contribution < 1.29 is 9.59 Å². The lowest BCUT2D eigenvalue weighted by atomic mass is 10.1. The highest BCUT2D eigenvalue weighted by atomic mass is 16.2. The first kappa shape index (κ1) is 23.1. The van der Waals surface area contributed by atoms with E-state index in [9.17, 15) is 9.59 Å². The summed E-state index contributed by atoms with van der Waals surface area (Å²) < 4.78 is 2.06. The van der Waals surface area contributed by atoms with E-state index in [1.54, 1.807) is 6.08 Å². The Hall–Kier alpha value is -3.11. The summed E-state index contributed by atoms with van der Waals surface area (Å²) in [5, 5.41) is 12.9. The fourth-order valence-electron chi connectivity index (χ4n) is 4.95. The van der Waals surface area contributed by atoms with Crippen LogP contribution in [0.5, 0.6) is 0 Å². The Morgan fingerprint density at radius 1 is 1.09 bits per heavy atom. The lowest BCUT2D eigenvalue weighted by Crippen LogP contribution is -2.51. The van der Waals surface area contributed by atoms with Gasteiger partial charge in [0.05, 0.1) is 12.5 Å². The van der Waals surface area contributed by atoms with E-state index in [0.29, 0.717) is 25.4 Å². The van der Waals surface area contributed by atoms with Crippen molar-refractivity contribution in [3.8, 4) is 6.07 Å². The van der Waals surface area contributed by atoms with Gasteiger partial charge in [0, 0.05) is 80.5 Å². The van der Waals surface area contributed by atoms with Crippen LogP contribution in [-0.4, -0.2) is 65.4 Å². The minimum Gasteiger partial charge on any atom is -0.351 e. The third-order valence-electron chi connectivity index (χ3n) is 6.81. The molecule has 1 saturated heterocycles. The number of aromatic nitrogens is 1. The lowest BCUT2D eigenvalue weighted by Gasteiger charge is -2.36. The molecule has 7 nitrogen and oxygen atoms in total. The monoisotopic (exact) mass is 447 g/mol. The molecule has 0 spiro atoms. The highest BCUT2D eigenvalue weighted by molar-refractivity contribution is 5.96. The van der Waals surface area contributed by atoms with E-state index in [2.05, 4.69) is 20.9 Å². The number of amides is 2. The molecule has 0 bridgehead atoms. The number of hydrogen-bond acceptors (Lipinski definition) is 4. The minimum absolute atomic E-state index is 0.112. The van der Waals surface area contributed by atoms with Gasteiger partial charge in [-0.2, -0.15) is 5.26 Å². The van der Waals surface area contributed by atoms with Crippen molar-refractivity contribution in [1.29, 1.82) is 5.26 Å². The molecule has 2 aliphatic rings. The molecule has 0 unspecified atom stereocenters. The molecule has 1 N–H and O–H groups in total. The van der Waals surface area contributed by atoms with Gasteiger partial charge in [-0.15, -0.1) is 0 Å². The molecule has 1 aromatic heterocycles. The molecule has 4 rings (SSSR count). The second kappa shape index (κ2) is 11.2. The summed E-state index contributed by atoms with van der Waals surface area (Å²) in [6.07, 6.45) is 10.4. The molecule has 1 aromatic carbocycles. The summed E-state index contributed by atoms with van der Waals surface area (Å²) in [4.78, 5) is 29.2. The van der Waals surface area contributed by atoms with E-state index >= 15 is 0 Å². The first-order valence-corrected chi connectivity index (χ1v) is 12.1. The van der Waals surface area contributed by atoms with E-state index in [1.165, 1.54) is 12.8 Å². The van der Waals surface area contributed by atoms with Crippen molar-refractivity contribution in [2.75, 3.05) is 39.3 Å². The third-order valence-corrected chi connectivity index (χ3v) is 6.81. The van der Waals surface area contributed by atoms with Crippen molar-refractivity contribution in [3.63, 3.8) is 0 Å². The number of carbonyl (C=O) groups is 2. The van der Waals surface area contributed by atoms with Crippen LogP contribution >= 0.6 is 0 Å². The number of piperazine rings is 1. The molecule has 0 atom stereocenters. The van der Waals surface area contributed by atoms with E-state index in [4.69, 9.17) is 5.26 Å². The number of aryl methyl sites for hydroxylation is 1. The number of benzene rings is 1. The SMILES string of the molecule is N#CCCn1cc(/C=C/C(=O)NCCN2CCN(C(=O)C3CCCC3)CC2)c2ccccc21. The molecule has 2 heterocycles. The van der Waals surface area contributed by atoms with Crippen LogP contribution in [0, 0.1) is 17.2 Å². The van der Waals surface area contributed by atoms with Crippen molar-refractivity contribution in [3.05, 3.63) is 42.1 Å². The van der Waals surface area contributed by atoms with Gasteiger partial charge in [0.15, 0.2) is 0 Å². The average Bonchev–Trinajstić information content (AvgIpc) is 3.50. The number of fused-ring (bicyclic) bond motifs is 1. The Morgan fingerprint density at radius 3 is 2.61 bits per heavy atom. The largest absolute Gasteiger partial charge is 0.351 e. The van der Waals surface area contributed by atoms with Gasteiger partial charge < -0.3 is 14.8 Å². The van der Waals surface area contributed by atoms with E-state index in [1.807, 2.05) is 41.4 Å².